The third kappa shape index (κ3) is 2.55. The number of fused-ring (bicyclic) bond motifs is 8. The lowest BCUT2D eigenvalue weighted by molar-refractivity contribution is -0.125. The van der Waals surface area contributed by atoms with E-state index >= 15 is 0 Å². The number of anilines is 1. The maximum absolute atomic E-state index is 13.4. The van der Waals surface area contributed by atoms with E-state index < -0.39 is 0 Å². The van der Waals surface area contributed by atoms with E-state index in [4.69, 9.17) is 32.8 Å². The topological polar surface area (TPSA) is 68.2 Å². The van der Waals surface area contributed by atoms with Gasteiger partial charge in [0.05, 0.1) is 35.4 Å². The molecule has 6 atom stereocenters. The predicted octanol–water partition coefficient (Wildman–Crippen LogP) is 4.18. The summed E-state index contributed by atoms with van der Waals surface area (Å²) in [6.45, 7) is 0. The van der Waals surface area contributed by atoms with Gasteiger partial charge in [0.1, 0.15) is 11.9 Å². The van der Waals surface area contributed by atoms with Crippen LogP contribution in [0.2, 0.25) is 10.0 Å². The molecule has 0 radical (unpaired) electrons. The molecule has 1 saturated heterocycles. The molecule has 0 unspecified atom stereocenters. The Balaban J connectivity index is 1.34. The summed E-state index contributed by atoms with van der Waals surface area (Å²) in [6.07, 6.45) is 0.573. The fraction of sp³-hybridized carbons (Fsp3) is 0.348. The monoisotopic (exact) mass is 456 g/mol. The number of methoxy groups -OCH3 is 1. The molecule has 0 aromatic heterocycles. The van der Waals surface area contributed by atoms with Crippen LogP contribution in [0.1, 0.15) is 12.0 Å². The van der Waals surface area contributed by atoms with Crippen LogP contribution in [-0.2, 0) is 14.4 Å². The van der Waals surface area contributed by atoms with Crippen LogP contribution in [-0.4, -0.2) is 30.7 Å². The molecule has 2 bridgehead atoms. The number of rotatable bonds is 3. The number of imide groups is 1. The van der Waals surface area contributed by atoms with E-state index in [1.165, 1.54) is 4.90 Å². The quantitative estimate of drug-likeness (QED) is 0.649. The average Bonchev–Trinajstić information content (AvgIpc) is 3.49. The van der Waals surface area contributed by atoms with E-state index in [0.717, 1.165) is 17.7 Å². The van der Waals surface area contributed by atoms with Crippen molar-refractivity contribution in [1.82, 2.24) is 0 Å². The number of hydrogen-bond acceptors (Lipinski definition) is 5. The zero-order chi connectivity index (χ0) is 21.4. The number of halogens is 2. The van der Waals surface area contributed by atoms with Gasteiger partial charge in [-0.2, -0.15) is 0 Å². The molecule has 2 aromatic carbocycles. The molecule has 2 aliphatic carbocycles. The van der Waals surface area contributed by atoms with Crippen molar-refractivity contribution in [2.45, 2.75) is 12.5 Å². The lowest BCUT2D eigenvalue weighted by atomic mass is 9.71. The molecule has 6 nitrogen and oxygen atoms in total. The number of oxime groups is 1. The summed E-state index contributed by atoms with van der Waals surface area (Å²) in [4.78, 5) is 33.9. The molecule has 2 amide bonds. The van der Waals surface area contributed by atoms with Crippen LogP contribution in [0.25, 0.3) is 0 Å². The third-order valence-electron chi connectivity index (χ3n) is 7.23. The number of ether oxygens (including phenoxy) is 1. The van der Waals surface area contributed by atoms with Crippen LogP contribution in [0, 0.1) is 29.6 Å². The van der Waals surface area contributed by atoms with E-state index in [-0.39, 0.29) is 47.5 Å². The van der Waals surface area contributed by atoms with Crippen molar-refractivity contribution in [3.8, 4) is 5.75 Å². The predicted molar refractivity (Wildman–Crippen MR) is 115 cm³/mol. The zero-order valence-corrected chi connectivity index (χ0v) is 18.0. The Morgan fingerprint density at radius 3 is 2.39 bits per heavy atom. The van der Waals surface area contributed by atoms with Gasteiger partial charge in [-0.05, 0) is 48.7 Å². The number of nitrogens with zero attached hydrogens (tertiary/aromatic N) is 2. The molecule has 3 fully saturated rings. The molecule has 4 aliphatic rings. The Labute approximate surface area is 188 Å². The number of carbonyl (C=O) groups excluding carboxylic acids is 2. The molecule has 0 spiro atoms. The highest BCUT2D eigenvalue weighted by Crippen LogP contribution is 2.62. The molecule has 158 valence electrons. The molecule has 0 N–H and O–H groups in total. The second kappa shape index (κ2) is 6.71. The normalized spacial score (nSPS) is 32.7. The largest absolute Gasteiger partial charge is 0.497 e. The summed E-state index contributed by atoms with van der Waals surface area (Å²) in [5.41, 5.74) is 2.09. The van der Waals surface area contributed by atoms with Crippen LogP contribution < -0.4 is 9.64 Å². The molecule has 31 heavy (non-hydrogen) atoms. The molecule has 2 aromatic rings. The summed E-state index contributed by atoms with van der Waals surface area (Å²) < 4.78 is 5.19. The van der Waals surface area contributed by atoms with Gasteiger partial charge in [0.25, 0.3) is 0 Å². The van der Waals surface area contributed by atoms with Crippen molar-refractivity contribution in [2.75, 3.05) is 12.0 Å². The van der Waals surface area contributed by atoms with Gasteiger partial charge in [0.2, 0.25) is 11.8 Å². The average molecular weight is 457 g/mol. The Kier molecular flexibility index (Phi) is 4.14. The molecule has 6 rings (SSSR count). The highest BCUT2D eigenvalue weighted by atomic mass is 35.5. The lowest BCUT2D eigenvalue weighted by Gasteiger charge is -2.30. The van der Waals surface area contributed by atoms with Gasteiger partial charge in [-0.25, -0.2) is 0 Å². The minimum Gasteiger partial charge on any atom is -0.497 e. The first-order valence-corrected chi connectivity index (χ1v) is 11.0. The van der Waals surface area contributed by atoms with Crippen molar-refractivity contribution < 1.29 is 19.2 Å². The molecule has 2 aliphatic heterocycles. The second-order valence-corrected chi connectivity index (χ2v) is 9.37. The van der Waals surface area contributed by atoms with Gasteiger partial charge in [0, 0.05) is 22.4 Å². The second-order valence-electron chi connectivity index (χ2n) is 8.52. The fourth-order valence-electron chi connectivity index (χ4n) is 6.03. The van der Waals surface area contributed by atoms with Gasteiger partial charge in [-0.1, -0.05) is 34.4 Å². The maximum Gasteiger partial charge on any atom is 0.238 e. The molecule has 8 heteroatoms. The van der Waals surface area contributed by atoms with Gasteiger partial charge in [0.15, 0.2) is 0 Å². The molecule has 2 saturated carbocycles. The van der Waals surface area contributed by atoms with Crippen molar-refractivity contribution in [3.63, 3.8) is 0 Å². The van der Waals surface area contributed by atoms with Crippen molar-refractivity contribution in [3.05, 3.63) is 58.1 Å². The standard InChI is InChI=1S/C23H18Cl2N2O4/c1-30-12-5-3-11(4-6-12)27-22(28)17-14-9-15(18(17)23(27)29)21-19(14)20(26-31-21)13-7-2-10(24)8-16(13)25/h2-8,14-15,17-19,21H,9H2,1H3/t14-,15-,17+,18-,19-,21-/m1/s1. The van der Waals surface area contributed by atoms with Crippen LogP contribution in [0.3, 0.4) is 0 Å². The Morgan fingerprint density at radius 2 is 1.71 bits per heavy atom. The summed E-state index contributed by atoms with van der Waals surface area (Å²) in [7, 11) is 1.58. The number of carbonyl (C=O) groups is 2. The van der Waals surface area contributed by atoms with E-state index in [1.54, 1.807) is 43.5 Å². The zero-order valence-electron chi connectivity index (χ0n) is 16.5. The smallest absolute Gasteiger partial charge is 0.238 e. The summed E-state index contributed by atoms with van der Waals surface area (Å²) in [6, 6.07) is 12.3. The molecule has 2 heterocycles. The lowest BCUT2D eigenvalue weighted by Crippen LogP contribution is -2.41. The molecular formula is C23H18Cl2N2O4. The summed E-state index contributed by atoms with van der Waals surface area (Å²) in [5.74, 6) is -0.439. The first-order valence-electron chi connectivity index (χ1n) is 10.2. The van der Waals surface area contributed by atoms with Crippen LogP contribution in [0.15, 0.2) is 47.6 Å². The number of amides is 2. The van der Waals surface area contributed by atoms with Gasteiger partial charge in [-0.15, -0.1) is 0 Å². The molecular weight excluding hydrogens is 439 g/mol. The van der Waals surface area contributed by atoms with Crippen LogP contribution in [0.5, 0.6) is 5.75 Å². The maximum atomic E-state index is 13.4. The minimum atomic E-state index is -0.365. The van der Waals surface area contributed by atoms with Gasteiger partial charge in [-0.3, -0.25) is 14.5 Å². The van der Waals surface area contributed by atoms with Crippen LogP contribution in [0.4, 0.5) is 5.69 Å². The van der Waals surface area contributed by atoms with Gasteiger partial charge >= 0.3 is 0 Å². The van der Waals surface area contributed by atoms with Crippen molar-refractivity contribution in [1.29, 1.82) is 0 Å². The van der Waals surface area contributed by atoms with Crippen molar-refractivity contribution >= 4 is 46.4 Å². The van der Waals surface area contributed by atoms with E-state index in [1.807, 2.05) is 6.07 Å². The SMILES string of the molecule is COc1ccc(N2C(=O)[C@@H]3[C@H]4C[C@@H]([C@@H]5C(c6ccc(Cl)cc6Cl)=NO[C@H]45)[C@@H]3C2=O)cc1. The first kappa shape index (κ1) is 19.1. The van der Waals surface area contributed by atoms with Crippen LogP contribution >= 0.6 is 23.2 Å². The summed E-state index contributed by atoms with van der Waals surface area (Å²) >= 11 is 12.5. The summed E-state index contributed by atoms with van der Waals surface area (Å²) in [5, 5.41) is 5.38. The highest BCUT2D eigenvalue weighted by Gasteiger charge is 2.70. The van der Waals surface area contributed by atoms with Crippen molar-refractivity contribution in [2.24, 2.45) is 34.7 Å². The highest BCUT2D eigenvalue weighted by molar-refractivity contribution is 6.37. The van der Waals surface area contributed by atoms with Gasteiger partial charge < -0.3 is 9.57 Å². The fourth-order valence-corrected chi connectivity index (χ4v) is 6.54. The number of benzene rings is 2. The Morgan fingerprint density at radius 1 is 1.00 bits per heavy atom. The minimum absolute atomic E-state index is 0.00677. The Hall–Kier alpha value is -2.57. The first-order chi connectivity index (χ1) is 15.0. The van der Waals surface area contributed by atoms with E-state index in [0.29, 0.717) is 21.5 Å². The van der Waals surface area contributed by atoms with E-state index in [9.17, 15) is 9.59 Å². The number of hydrogen-bond donors (Lipinski definition) is 0. The Bertz CT molecular complexity index is 1150. The van der Waals surface area contributed by atoms with E-state index in [2.05, 4.69) is 5.16 Å². The third-order valence-corrected chi connectivity index (χ3v) is 7.78.